The van der Waals surface area contributed by atoms with Gasteiger partial charge in [-0.15, -0.1) is 0 Å². The van der Waals surface area contributed by atoms with Crippen LogP contribution in [-0.4, -0.2) is 23.5 Å². The molecule has 4 nitrogen and oxygen atoms in total. The molecule has 1 rings (SSSR count). The first-order chi connectivity index (χ1) is 8.66. The summed E-state index contributed by atoms with van der Waals surface area (Å²) in [4.78, 5) is 22.8. The molecule has 0 spiro atoms. The van der Waals surface area contributed by atoms with E-state index in [9.17, 15) is 9.59 Å². The zero-order valence-corrected chi connectivity index (χ0v) is 10.6. The van der Waals surface area contributed by atoms with Gasteiger partial charge in [-0.2, -0.15) is 0 Å². The predicted octanol–water partition coefficient (Wildman–Crippen LogP) is 2.69. The molecule has 0 bridgehead atoms. The van der Waals surface area contributed by atoms with Crippen LogP contribution in [0.1, 0.15) is 53.3 Å². The first-order valence-electron chi connectivity index (χ1n) is 6.27. The lowest BCUT2D eigenvalue weighted by Gasteiger charge is -2.07. The second-order valence-electron chi connectivity index (χ2n) is 4.17. The Bertz CT molecular complexity index is 415. The molecule has 0 heterocycles. The van der Waals surface area contributed by atoms with Crippen LogP contribution in [0.25, 0.3) is 0 Å². The summed E-state index contributed by atoms with van der Waals surface area (Å²) < 4.78 is 0. The highest BCUT2D eigenvalue weighted by atomic mass is 16.4. The molecule has 98 valence electrons. The van der Waals surface area contributed by atoms with Gasteiger partial charge in [0.25, 0.3) is 5.91 Å². The molecule has 0 atom stereocenters. The molecule has 1 aromatic carbocycles. The van der Waals surface area contributed by atoms with Crippen molar-refractivity contribution >= 4 is 11.9 Å². The number of carboxylic acid groups (broad SMARTS) is 1. The van der Waals surface area contributed by atoms with Crippen molar-refractivity contribution < 1.29 is 14.7 Å². The van der Waals surface area contributed by atoms with Gasteiger partial charge in [0.1, 0.15) is 0 Å². The average Bonchev–Trinajstić information content (AvgIpc) is 2.38. The first-order valence-corrected chi connectivity index (χ1v) is 6.27. The van der Waals surface area contributed by atoms with Crippen molar-refractivity contribution in [2.45, 2.75) is 32.6 Å². The molecule has 0 fully saturated rings. The zero-order chi connectivity index (χ0) is 13.4. The molecule has 4 heteroatoms. The van der Waals surface area contributed by atoms with Crippen molar-refractivity contribution in [3.05, 3.63) is 35.4 Å². The largest absolute Gasteiger partial charge is 0.478 e. The van der Waals surface area contributed by atoms with Gasteiger partial charge in [-0.25, -0.2) is 4.79 Å². The third kappa shape index (κ3) is 4.20. The van der Waals surface area contributed by atoms with Crippen molar-refractivity contribution in [2.24, 2.45) is 0 Å². The maximum absolute atomic E-state index is 11.8. The molecule has 0 aliphatic rings. The summed E-state index contributed by atoms with van der Waals surface area (Å²) in [6.45, 7) is 2.72. The highest BCUT2D eigenvalue weighted by Crippen LogP contribution is 2.08. The lowest BCUT2D eigenvalue weighted by molar-refractivity contribution is 0.0691. The van der Waals surface area contributed by atoms with E-state index < -0.39 is 5.97 Å². The van der Waals surface area contributed by atoms with Crippen LogP contribution in [0.15, 0.2) is 24.3 Å². The van der Waals surface area contributed by atoms with Crippen molar-refractivity contribution in [1.82, 2.24) is 5.32 Å². The van der Waals surface area contributed by atoms with Crippen LogP contribution in [-0.2, 0) is 0 Å². The number of aromatic carboxylic acids is 1. The van der Waals surface area contributed by atoms with E-state index in [0.717, 1.165) is 25.7 Å². The Morgan fingerprint density at radius 1 is 1.11 bits per heavy atom. The van der Waals surface area contributed by atoms with Gasteiger partial charge in [0.2, 0.25) is 0 Å². The normalized spacial score (nSPS) is 10.1. The number of hydrogen-bond acceptors (Lipinski definition) is 2. The standard InChI is InChI=1S/C14H19NO3/c1-2-3-4-7-10-15-13(16)11-8-5-6-9-12(11)14(17)18/h5-6,8-9H,2-4,7,10H2,1H3,(H,15,16)(H,17,18). The fourth-order valence-corrected chi connectivity index (χ4v) is 1.72. The van der Waals surface area contributed by atoms with Gasteiger partial charge in [-0.05, 0) is 18.6 Å². The summed E-state index contributed by atoms with van der Waals surface area (Å²) in [6.07, 6.45) is 4.31. The lowest BCUT2D eigenvalue weighted by atomic mass is 10.1. The number of benzene rings is 1. The van der Waals surface area contributed by atoms with Crippen LogP contribution in [0.3, 0.4) is 0 Å². The van der Waals surface area contributed by atoms with Gasteiger partial charge in [-0.1, -0.05) is 38.3 Å². The molecule has 0 saturated carbocycles. The average molecular weight is 249 g/mol. The van der Waals surface area contributed by atoms with Gasteiger partial charge in [0, 0.05) is 6.54 Å². The summed E-state index contributed by atoms with van der Waals surface area (Å²) in [5.74, 6) is -1.39. The Hall–Kier alpha value is -1.84. The van der Waals surface area contributed by atoms with Crippen molar-refractivity contribution in [3.8, 4) is 0 Å². The second kappa shape index (κ2) is 7.48. The lowest BCUT2D eigenvalue weighted by Crippen LogP contribution is -2.26. The van der Waals surface area contributed by atoms with Crippen molar-refractivity contribution in [2.75, 3.05) is 6.54 Å². The van der Waals surface area contributed by atoms with Gasteiger partial charge in [0.15, 0.2) is 0 Å². The summed E-state index contributed by atoms with van der Waals surface area (Å²) in [7, 11) is 0. The van der Waals surface area contributed by atoms with Crippen molar-refractivity contribution in [3.63, 3.8) is 0 Å². The Morgan fingerprint density at radius 3 is 2.39 bits per heavy atom. The van der Waals surface area contributed by atoms with E-state index >= 15 is 0 Å². The highest BCUT2D eigenvalue weighted by Gasteiger charge is 2.14. The zero-order valence-electron chi connectivity index (χ0n) is 10.6. The topological polar surface area (TPSA) is 66.4 Å². The quantitative estimate of drug-likeness (QED) is 0.730. The van der Waals surface area contributed by atoms with E-state index in [0.29, 0.717) is 6.54 Å². The number of carboxylic acids is 1. The SMILES string of the molecule is CCCCCCNC(=O)c1ccccc1C(=O)O. The van der Waals surface area contributed by atoms with E-state index in [1.165, 1.54) is 12.1 Å². The Labute approximate surface area is 107 Å². The molecule has 0 aliphatic carbocycles. The molecular weight excluding hydrogens is 230 g/mol. The van der Waals surface area contributed by atoms with Crippen LogP contribution < -0.4 is 5.32 Å². The first kappa shape index (κ1) is 14.2. The van der Waals surface area contributed by atoms with Crippen LogP contribution in [0.2, 0.25) is 0 Å². The smallest absolute Gasteiger partial charge is 0.336 e. The van der Waals surface area contributed by atoms with Crippen LogP contribution in [0.4, 0.5) is 0 Å². The summed E-state index contributed by atoms with van der Waals surface area (Å²) in [5, 5.41) is 11.7. The Morgan fingerprint density at radius 2 is 1.78 bits per heavy atom. The van der Waals surface area contributed by atoms with Gasteiger partial charge >= 0.3 is 5.97 Å². The van der Waals surface area contributed by atoms with Crippen LogP contribution >= 0.6 is 0 Å². The summed E-state index contributed by atoms with van der Waals surface area (Å²) >= 11 is 0. The van der Waals surface area contributed by atoms with E-state index in [-0.39, 0.29) is 17.0 Å². The number of carbonyl (C=O) groups is 2. The number of hydrogen-bond donors (Lipinski definition) is 2. The minimum atomic E-state index is -1.08. The maximum Gasteiger partial charge on any atom is 0.336 e. The number of rotatable bonds is 7. The van der Waals surface area contributed by atoms with E-state index in [1.807, 2.05) is 0 Å². The molecule has 1 amide bonds. The number of amides is 1. The minimum Gasteiger partial charge on any atom is -0.478 e. The molecule has 0 saturated heterocycles. The fraction of sp³-hybridized carbons (Fsp3) is 0.429. The molecular formula is C14H19NO3. The monoisotopic (exact) mass is 249 g/mol. The van der Waals surface area contributed by atoms with Gasteiger partial charge < -0.3 is 10.4 Å². The maximum atomic E-state index is 11.8. The molecule has 18 heavy (non-hydrogen) atoms. The summed E-state index contributed by atoms with van der Waals surface area (Å²) in [5.41, 5.74) is 0.268. The summed E-state index contributed by atoms with van der Waals surface area (Å²) in [6, 6.07) is 6.25. The second-order valence-corrected chi connectivity index (χ2v) is 4.17. The van der Waals surface area contributed by atoms with Crippen molar-refractivity contribution in [1.29, 1.82) is 0 Å². The fourth-order valence-electron chi connectivity index (χ4n) is 1.72. The van der Waals surface area contributed by atoms with Gasteiger partial charge in [-0.3, -0.25) is 4.79 Å². The third-order valence-corrected chi connectivity index (χ3v) is 2.72. The van der Waals surface area contributed by atoms with Crippen LogP contribution in [0, 0.1) is 0 Å². The molecule has 2 N–H and O–H groups in total. The van der Waals surface area contributed by atoms with Crippen LogP contribution in [0.5, 0.6) is 0 Å². The van der Waals surface area contributed by atoms with E-state index in [4.69, 9.17) is 5.11 Å². The molecule has 0 unspecified atom stereocenters. The predicted molar refractivity (Wildman–Crippen MR) is 69.9 cm³/mol. The van der Waals surface area contributed by atoms with E-state index in [1.54, 1.807) is 12.1 Å². The highest BCUT2D eigenvalue weighted by molar-refractivity contribution is 6.04. The number of unbranched alkanes of at least 4 members (excludes halogenated alkanes) is 3. The Balaban J connectivity index is 2.54. The molecule has 0 radical (unpaired) electrons. The minimum absolute atomic E-state index is 0.0450. The molecule has 1 aromatic rings. The van der Waals surface area contributed by atoms with Gasteiger partial charge in [0.05, 0.1) is 11.1 Å². The molecule has 0 aromatic heterocycles. The Kier molecular flexibility index (Phi) is 5.91. The third-order valence-electron chi connectivity index (χ3n) is 2.72. The van der Waals surface area contributed by atoms with E-state index in [2.05, 4.69) is 12.2 Å². The molecule has 0 aliphatic heterocycles. The number of carbonyl (C=O) groups excluding carboxylic acids is 1. The number of nitrogens with one attached hydrogen (secondary N) is 1.